The van der Waals surface area contributed by atoms with Crippen LogP contribution in [0.15, 0.2) is 0 Å². The number of unbranched alkanes of at least 4 members (excludes halogenated alkanes) is 5. The summed E-state index contributed by atoms with van der Waals surface area (Å²) in [6, 6.07) is 0. The third-order valence-electron chi connectivity index (χ3n) is 2.47. The van der Waals surface area contributed by atoms with E-state index in [2.05, 4.69) is 26.1 Å². The lowest BCUT2D eigenvalue weighted by atomic mass is 10.2. The van der Waals surface area contributed by atoms with Gasteiger partial charge in [-0.05, 0) is 38.9 Å². The lowest BCUT2D eigenvalue weighted by Crippen LogP contribution is -2.15. The molecule has 0 aromatic rings. The van der Waals surface area contributed by atoms with Crippen LogP contribution >= 0.6 is 0 Å². The quantitative estimate of drug-likeness (QED) is 0.562. The molecular formula is C14H34N2. The van der Waals surface area contributed by atoms with E-state index >= 15 is 0 Å². The molecule has 16 heavy (non-hydrogen) atoms. The second-order valence-electron chi connectivity index (χ2n) is 4.31. The fourth-order valence-electron chi connectivity index (χ4n) is 1.30. The standard InChI is InChI=1S/C8H19N.C6H15N/c1-3-5-7-9-8-6-4-2;1-2-3-4-5-6-7/h9H,3-8H2,1-2H3;2-7H2,1H3. The number of hydrogen-bond donors (Lipinski definition) is 2. The Hall–Kier alpha value is -0.0800. The number of rotatable bonds is 10. The zero-order valence-corrected chi connectivity index (χ0v) is 11.9. The molecule has 0 atom stereocenters. The molecule has 0 heterocycles. The molecule has 0 bridgehead atoms. The first-order valence-corrected chi connectivity index (χ1v) is 7.24. The van der Waals surface area contributed by atoms with Gasteiger partial charge in [0.2, 0.25) is 0 Å². The van der Waals surface area contributed by atoms with Crippen LogP contribution in [0, 0.1) is 0 Å². The van der Waals surface area contributed by atoms with Crippen LogP contribution < -0.4 is 11.1 Å². The maximum Gasteiger partial charge on any atom is -0.00490 e. The molecule has 0 aliphatic heterocycles. The summed E-state index contributed by atoms with van der Waals surface area (Å²) in [6.45, 7) is 9.92. The van der Waals surface area contributed by atoms with Crippen molar-refractivity contribution in [1.29, 1.82) is 0 Å². The zero-order valence-electron chi connectivity index (χ0n) is 11.9. The fourth-order valence-corrected chi connectivity index (χ4v) is 1.30. The van der Waals surface area contributed by atoms with Crippen LogP contribution in [0.25, 0.3) is 0 Å². The van der Waals surface area contributed by atoms with Crippen LogP contribution in [0.2, 0.25) is 0 Å². The lowest BCUT2D eigenvalue weighted by Gasteiger charge is -1.99. The van der Waals surface area contributed by atoms with Crippen molar-refractivity contribution in [2.24, 2.45) is 5.73 Å². The van der Waals surface area contributed by atoms with E-state index < -0.39 is 0 Å². The molecule has 0 amide bonds. The van der Waals surface area contributed by atoms with Crippen molar-refractivity contribution in [2.75, 3.05) is 19.6 Å². The molecule has 0 fully saturated rings. The van der Waals surface area contributed by atoms with Crippen molar-refractivity contribution < 1.29 is 0 Å². The highest BCUT2D eigenvalue weighted by Gasteiger charge is 1.83. The van der Waals surface area contributed by atoms with E-state index in [1.54, 1.807) is 0 Å². The van der Waals surface area contributed by atoms with E-state index in [1.807, 2.05) is 0 Å². The van der Waals surface area contributed by atoms with Crippen LogP contribution in [0.5, 0.6) is 0 Å². The normalized spacial score (nSPS) is 9.75. The summed E-state index contributed by atoms with van der Waals surface area (Å²) in [7, 11) is 0. The molecule has 0 saturated carbocycles. The molecule has 0 unspecified atom stereocenters. The van der Waals surface area contributed by atoms with E-state index in [9.17, 15) is 0 Å². The Labute approximate surface area is 103 Å². The maximum absolute atomic E-state index is 5.27. The second kappa shape index (κ2) is 20.3. The van der Waals surface area contributed by atoms with E-state index in [0.29, 0.717) is 0 Å². The average Bonchev–Trinajstić information content (AvgIpc) is 2.31. The van der Waals surface area contributed by atoms with Crippen molar-refractivity contribution in [1.82, 2.24) is 5.32 Å². The van der Waals surface area contributed by atoms with Crippen LogP contribution in [0.3, 0.4) is 0 Å². The first-order chi connectivity index (χ1) is 7.83. The van der Waals surface area contributed by atoms with Gasteiger partial charge < -0.3 is 11.1 Å². The van der Waals surface area contributed by atoms with E-state index in [-0.39, 0.29) is 0 Å². The summed E-state index contributed by atoms with van der Waals surface area (Å²) in [5.74, 6) is 0. The first-order valence-electron chi connectivity index (χ1n) is 7.24. The van der Waals surface area contributed by atoms with Gasteiger partial charge in [0, 0.05) is 0 Å². The minimum Gasteiger partial charge on any atom is -0.330 e. The highest BCUT2D eigenvalue weighted by atomic mass is 14.8. The van der Waals surface area contributed by atoms with Crippen molar-refractivity contribution in [2.45, 2.75) is 72.1 Å². The van der Waals surface area contributed by atoms with Gasteiger partial charge in [-0.2, -0.15) is 0 Å². The molecule has 0 radical (unpaired) electrons. The Morgan fingerprint density at radius 1 is 0.688 bits per heavy atom. The summed E-state index contributed by atoms with van der Waals surface area (Å²) in [5.41, 5.74) is 5.27. The molecule has 0 aromatic heterocycles. The van der Waals surface area contributed by atoms with Gasteiger partial charge in [0.05, 0.1) is 0 Å². The Morgan fingerprint density at radius 3 is 1.56 bits per heavy atom. The van der Waals surface area contributed by atoms with Crippen LogP contribution in [0.4, 0.5) is 0 Å². The summed E-state index contributed by atoms with van der Waals surface area (Å²) in [4.78, 5) is 0. The maximum atomic E-state index is 5.27. The molecule has 2 nitrogen and oxygen atoms in total. The van der Waals surface area contributed by atoms with Gasteiger partial charge in [-0.3, -0.25) is 0 Å². The largest absolute Gasteiger partial charge is 0.330 e. The molecule has 0 spiro atoms. The van der Waals surface area contributed by atoms with Gasteiger partial charge in [-0.15, -0.1) is 0 Å². The molecule has 0 aliphatic rings. The van der Waals surface area contributed by atoms with E-state index in [1.165, 1.54) is 64.5 Å². The van der Waals surface area contributed by atoms with E-state index in [0.717, 1.165) is 6.54 Å². The lowest BCUT2D eigenvalue weighted by molar-refractivity contribution is 0.611. The average molecular weight is 230 g/mol. The zero-order chi connectivity index (χ0) is 12.5. The Kier molecular flexibility index (Phi) is 23.3. The van der Waals surface area contributed by atoms with Gasteiger partial charge >= 0.3 is 0 Å². The first kappa shape index (κ1) is 18.3. The third kappa shape index (κ3) is 23.6. The van der Waals surface area contributed by atoms with Gasteiger partial charge in [-0.25, -0.2) is 0 Å². The smallest absolute Gasteiger partial charge is 0.00490 e. The minimum absolute atomic E-state index is 0.861. The highest BCUT2D eigenvalue weighted by Crippen LogP contribution is 1.95. The summed E-state index contributed by atoms with van der Waals surface area (Å²) in [6.07, 6.45) is 10.4. The van der Waals surface area contributed by atoms with Crippen molar-refractivity contribution in [3.05, 3.63) is 0 Å². The van der Waals surface area contributed by atoms with Gasteiger partial charge in [-0.1, -0.05) is 52.9 Å². The van der Waals surface area contributed by atoms with E-state index in [4.69, 9.17) is 5.73 Å². The molecule has 2 heteroatoms. The topological polar surface area (TPSA) is 38.0 Å². The minimum atomic E-state index is 0.861. The van der Waals surface area contributed by atoms with Crippen molar-refractivity contribution in [3.63, 3.8) is 0 Å². The molecule has 0 rings (SSSR count). The van der Waals surface area contributed by atoms with Crippen LogP contribution in [-0.2, 0) is 0 Å². The number of nitrogens with one attached hydrogen (secondary N) is 1. The summed E-state index contributed by atoms with van der Waals surface area (Å²) >= 11 is 0. The Balaban J connectivity index is 0. The summed E-state index contributed by atoms with van der Waals surface area (Å²) < 4.78 is 0. The van der Waals surface area contributed by atoms with Gasteiger partial charge in [0.1, 0.15) is 0 Å². The number of hydrogen-bond acceptors (Lipinski definition) is 2. The molecule has 0 aromatic carbocycles. The van der Waals surface area contributed by atoms with Gasteiger partial charge in [0.15, 0.2) is 0 Å². The SMILES string of the molecule is CCCCCCN.CCCCNCCCC. The predicted octanol–water partition coefficient (Wildman–Crippen LogP) is 3.70. The highest BCUT2D eigenvalue weighted by molar-refractivity contribution is 4.45. The molecule has 3 N–H and O–H groups in total. The Bertz CT molecular complexity index is 84.7. The monoisotopic (exact) mass is 230 g/mol. The second-order valence-corrected chi connectivity index (χ2v) is 4.31. The van der Waals surface area contributed by atoms with Crippen LogP contribution in [-0.4, -0.2) is 19.6 Å². The third-order valence-corrected chi connectivity index (χ3v) is 2.47. The van der Waals surface area contributed by atoms with Crippen LogP contribution in [0.1, 0.15) is 72.1 Å². The summed E-state index contributed by atoms with van der Waals surface area (Å²) in [5, 5.41) is 3.39. The predicted molar refractivity (Wildman–Crippen MR) is 75.9 cm³/mol. The van der Waals surface area contributed by atoms with Crippen molar-refractivity contribution >= 4 is 0 Å². The van der Waals surface area contributed by atoms with Gasteiger partial charge in [0.25, 0.3) is 0 Å². The molecule has 0 saturated heterocycles. The number of nitrogens with two attached hydrogens (primary N) is 1. The fraction of sp³-hybridized carbons (Fsp3) is 1.00. The molecule has 100 valence electrons. The molecular weight excluding hydrogens is 196 g/mol. The Morgan fingerprint density at radius 2 is 1.19 bits per heavy atom. The van der Waals surface area contributed by atoms with Crippen molar-refractivity contribution in [3.8, 4) is 0 Å². The molecule has 0 aliphatic carbocycles.